The number of hydrogen-bond acceptors (Lipinski definition) is 4. The average Bonchev–Trinajstić information content (AvgIpc) is 3.09. The summed E-state index contributed by atoms with van der Waals surface area (Å²) in [6.07, 6.45) is 3.81. The lowest BCUT2D eigenvalue weighted by molar-refractivity contribution is 0.0255. The fraction of sp³-hybridized carbons (Fsp3) is 0.333. The number of nitrogens with zero attached hydrogens (tertiary/aromatic N) is 1. The number of benzene rings is 1. The van der Waals surface area contributed by atoms with E-state index in [-0.39, 0.29) is 11.9 Å². The van der Waals surface area contributed by atoms with Gasteiger partial charge in [0.25, 0.3) is 0 Å². The molecule has 0 amide bonds. The van der Waals surface area contributed by atoms with Gasteiger partial charge in [-0.15, -0.1) is 11.6 Å². The zero-order valence-corrected chi connectivity index (χ0v) is 11.6. The lowest BCUT2D eigenvalue weighted by atomic mass is 10.0. The second kappa shape index (κ2) is 5.67. The number of hydrogen-bond donors (Lipinski definition) is 0. The maximum atomic E-state index is 11.9. The minimum Gasteiger partial charge on any atom is -0.452 e. The lowest BCUT2D eigenvalue weighted by Gasteiger charge is -2.12. The molecular formula is C15H14ClNO3. The second-order valence-corrected chi connectivity index (χ2v) is 5.16. The van der Waals surface area contributed by atoms with Gasteiger partial charge < -0.3 is 9.26 Å². The minimum absolute atomic E-state index is 0.136. The standard InChI is InChI=1S/C15H14ClNO3/c16-7-5-10-1-3-12-11(9-10)2-4-13(12)19-15(18)14-6-8-17-20-14/h1,3,6,8-9,13H,2,4-5,7H2. The van der Waals surface area contributed by atoms with Crippen molar-refractivity contribution in [3.63, 3.8) is 0 Å². The number of aryl methyl sites for hydroxylation is 2. The van der Waals surface area contributed by atoms with Gasteiger partial charge >= 0.3 is 5.97 Å². The molecule has 3 rings (SSSR count). The van der Waals surface area contributed by atoms with Crippen LogP contribution in [0.4, 0.5) is 0 Å². The molecule has 1 aromatic carbocycles. The number of ether oxygens (including phenoxy) is 1. The molecule has 0 spiro atoms. The van der Waals surface area contributed by atoms with Crippen molar-refractivity contribution in [3.8, 4) is 0 Å². The van der Waals surface area contributed by atoms with Crippen molar-refractivity contribution in [2.24, 2.45) is 0 Å². The molecule has 0 radical (unpaired) electrons. The van der Waals surface area contributed by atoms with E-state index in [4.69, 9.17) is 20.9 Å². The molecule has 0 aliphatic heterocycles. The van der Waals surface area contributed by atoms with Crippen molar-refractivity contribution in [1.29, 1.82) is 0 Å². The molecule has 1 heterocycles. The van der Waals surface area contributed by atoms with Crippen LogP contribution in [-0.4, -0.2) is 17.0 Å². The number of carbonyl (C=O) groups excluding carboxylic acids is 1. The van der Waals surface area contributed by atoms with E-state index in [1.54, 1.807) is 0 Å². The molecule has 0 saturated heterocycles. The highest BCUT2D eigenvalue weighted by atomic mass is 35.5. The van der Waals surface area contributed by atoms with Gasteiger partial charge in [0.05, 0.1) is 6.20 Å². The molecule has 0 saturated carbocycles. The molecule has 104 valence electrons. The van der Waals surface area contributed by atoms with Crippen LogP contribution in [0, 0.1) is 0 Å². The maximum Gasteiger partial charge on any atom is 0.377 e. The Labute approximate surface area is 121 Å². The molecule has 1 atom stereocenters. The smallest absolute Gasteiger partial charge is 0.377 e. The molecule has 0 bridgehead atoms. The summed E-state index contributed by atoms with van der Waals surface area (Å²) in [4.78, 5) is 11.9. The van der Waals surface area contributed by atoms with Gasteiger partial charge in [-0.1, -0.05) is 23.4 Å². The van der Waals surface area contributed by atoms with Crippen LogP contribution in [0.25, 0.3) is 0 Å². The monoisotopic (exact) mass is 291 g/mol. The number of rotatable bonds is 4. The fourth-order valence-corrected chi connectivity index (χ4v) is 2.75. The highest BCUT2D eigenvalue weighted by Crippen LogP contribution is 2.35. The molecule has 0 fully saturated rings. The summed E-state index contributed by atoms with van der Waals surface area (Å²) >= 11 is 5.76. The molecule has 5 heteroatoms. The second-order valence-electron chi connectivity index (χ2n) is 4.78. The Morgan fingerprint density at radius 3 is 3.10 bits per heavy atom. The van der Waals surface area contributed by atoms with E-state index in [1.165, 1.54) is 23.4 Å². The summed E-state index contributed by atoms with van der Waals surface area (Å²) in [7, 11) is 0. The van der Waals surface area contributed by atoms with Gasteiger partial charge in [-0.2, -0.15) is 0 Å². The minimum atomic E-state index is -0.467. The summed E-state index contributed by atoms with van der Waals surface area (Å²) in [6.45, 7) is 0. The number of fused-ring (bicyclic) bond motifs is 1. The van der Waals surface area contributed by atoms with Gasteiger partial charge in [0, 0.05) is 11.9 Å². The molecule has 2 aromatic rings. The van der Waals surface area contributed by atoms with Crippen LogP contribution in [-0.2, 0) is 17.6 Å². The number of aromatic nitrogens is 1. The van der Waals surface area contributed by atoms with Crippen molar-refractivity contribution in [1.82, 2.24) is 5.16 Å². The van der Waals surface area contributed by atoms with Crippen LogP contribution in [0.5, 0.6) is 0 Å². The first-order valence-electron chi connectivity index (χ1n) is 6.57. The van der Waals surface area contributed by atoms with E-state index in [0.717, 1.165) is 24.8 Å². The number of carbonyl (C=O) groups is 1. The molecule has 1 aliphatic rings. The first-order chi connectivity index (χ1) is 9.78. The zero-order valence-electron chi connectivity index (χ0n) is 10.8. The molecule has 1 unspecified atom stereocenters. The van der Waals surface area contributed by atoms with Crippen molar-refractivity contribution >= 4 is 17.6 Å². The fourth-order valence-electron chi connectivity index (χ4n) is 2.53. The maximum absolute atomic E-state index is 11.9. The molecular weight excluding hydrogens is 278 g/mol. The molecule has 20 heavy (non-hydrogen) atoms. The Morgan fingerprint density at radius 1 is 1.45 bits per heavy atom. The van der Waals surface area contributed by atoms with Crippen LogP contribution in [0.2, 0.25) is 0 Å². The van der Waals surface area contributed by atoms with Crippen molar-refractivity contribution in [2.75, 3.05) is 5.88 Å². The third kappa shape index (κ3) is 2.56. The molecule has 1 aliphatic carbocycles. The van der Waals surface area contributed by atoms with E-state index >= 15 is 0 Å². The summed E-state index contributed by atoms with van der Waals surface area (Å²) in [5.41, 5.74) is 3.54. The normalized spacial score (nSPS) is 16.9. The first-order valence-corrected chi connectivity index (χ1v) is 7.10. The number of esters is 1. The van der Waals surface area contributed by atoms with Crippen LogP contribution in [0.1, 0.15) is 39.8 Å². The Bertz CT molecular complexity index is 610. The third-order valence-corrected chi connectivity index (χ3v) is 3.69. The topological polar surface area (TPSA) is 52.3 Å². The number of halogens is 1. The lowest BCUT2D eigenvalue weighted by Crippen LogP contribution is -2.08. The van der Waals surface area contributed by atoms with Crippen molar-refractivity contribution in [2.45, 2.75) is 25.4 Å². The van der Waals surface area contributed by atoms with E-state index in [1.807, 2.05) is 12.1 Å². The van der Waals surface area contributed by atoms with Crippen molar-refractivity contribution in [3.05, 3.63) is 52.9 Å². The largest absolute Gasteiger partial charge is 0.452 e. The van der Waals surface area contributed by atoms with Gasteiger partial charge in [0.15, 0.2) is 0 Å². The Hall–Kier alpha value is -1.81. The van der Waals surface area contributed by atoms with E-state index < -0.39 is 5.97 Å². The predicted octanol–water partition coefficient (Wildman–Crippen LogP) is 3.30. The Morgan fingerprint density at radius 2 is 2.35 bits per heavy atom. The average molecular weight is 292 g/mol. The Balaban J connectivity index is 1.74. The first kappa shape index (κ1) is 13.2. The van der Waals surface area contributed by atoms with E-state index in [9.17, 15) is 4.79 Å². The van der Waals surface area contributed by atoms with Crippen LogP contribution in [0.15, 0.2) is 35.0 Å². The van der Waals surface area contributed by atoms with Gasteiger partial charge in [0.2, 0.25) is 5.76 Å². The van der Waals surface area contributed by atoms with Gasteiger partial charge in [-0.25, -0.2) is 4.79 Å². The van der Waals surface area contributed by atoms with Gasteiger partial charge in [0.1, 0.15) is 6.10 Å². The molecule has 1 aromatic heterocycles. The summed E-state index contributed by atoms with van der Waals surface area (Å²) in [5, 5.41) is 3.51. The number of alkyl halides is 1. The van der Waals surface area contributed by atoms with Gasteiger partial charge in [-0.05, 0) is 36.0 Å². The van der Waals surface area contributed by atoms with Gasteiger partial charge in [-0.3, -0.25) is 0 Å². The molecule has 0 N–H and O–H groups in total. The SMILES string of the molecule is O=C(OC1CCc2cc(CCCl)ccc21)c1ccno1. The zero-order chi connectivity index (χ0) is 13.9. The van der Waals surface area contributed by atoms with Crippen LogP contribution >= 0.6 is 11.6 Å². The van der Waals surface area contributed by atoms with E-state index in [2.05, 4.69) is 11.2 Å². The highest BCUT2D eigenvalue weighted by Gasteiger charge is 2.27. The van der Waals surface area contributed by atoms with Crippen LogP contribution in [0.3, 0.4) is 0 Å². The Kier molecular flexibility index (Phi) is 3.74. The summed E-state index contributed by atoms with van der Waals surface area (Å²) in [6, 6.07) is 7.73. The highest BCUT2D eigenvalue weighted by molar-refractivity contribution is 6.17. The van der Waals surface area contributed by atoms with Crippen molar-refractivity contribution < 1.29 is 14.1 Å². The predicted molar refractivity (Wildman–Crippen MR) is 73.8 cm³/mol. The van der Waals surface area contributed by atoms with Crippen LogP contribution < -0.4 is 0 Å². The third-order valence-electron chi connectivity index (χ3n) is 3.50. The summed E-state index contributed by atoms with van der Waals surface area (Å²) < 4.78 is 10.3. The van der Waals surface area contributed by atoms with E-state index in [0.29, 0.717) is 5.88 Å². The quantitative estimate of drug-likeness (QED) is 0.640. The molecule has 4 nitrogen and oxygen atoms in total. The summed E-state index contributed by atoms with van der Waals surface area (Å²) in [5.74, 6) is 0.283.